The first-order chi connectivity index (χ1) is 7.79. The van der Waals surface area contributed by atoms with E-state index < -0.39 is 0 Å². The van der Waals surface area contributed by atoms with Gasteiger partial charge in [0.05, 0.1) is 0 Å². The van der Waals surface area contributed by atoms with Gasteiger partial charge in [-0.15, -0.1) is 0 Å². The zero-order valence-electron chi connectivity index (χ0n) is 11.6. The van der Waals surface area contributed by atoms with Gasteiger partial charge in [-0.05, 0) is 23.0 Å². The molecule has 0 saturated carbocycles. The Morgan fingerprint density at radius 2 is 1.44 bits per heavy atom. The number of allylic oxidation sites excluding steroid dienone is 1. The largest absolute Gasteiger partial charge is 0.0805 e. The van der Waals surface area contributed by atoms with E-state index >= 15 is 0 Å². The molecule has 2 atom stereocenters. The van der Waals surface area contributed by atoms with Crippen LogP contribution < -0.4 is 0 Å². The number of hydrogen-bond acceptors (Lipinski definition) is 0. The zero-order chi connectivity index (χ0) is 12.6. The highest BCUT2D eigenvalue weighted by atomic mass is 14.2. The lowest BCUT2D eigenvalue weighted by Crippen LogP contribution is -2.08. The SMILES string of the molecule is CC.CC.CC1C=Cc2ccccc2C1C. The monoisotopic (exact) mass is 218 g/mol. The third-order valence-corrected chi connectivity index (χ3v) is 2.85. The van der Waals surface area contributed by atoms with E-state index in [-0.39, 0.29) is 0 Å². The predicted molar refractivity (Wildman–Crippen MR) is 75.8 cm³/mol. The molecule has 1 aromatic rings. The highest BCUT2D eigenvalue weighted by molar-refractivity contribution is 5.57. The van der Waals surface area contributed by atoms with Crippen molar-refractivity contribution in [3.05, 3.63) is 41.5 Å². The van der Waals surface area contributed by atoms with Gasteiger partial charge in [-0.3, -0.25) is 0 Å². The third kappa shape index (κ3) is 3.52. The van der Waals surface area contributed by atoms with E-state index in [1.165, 1.54) is 11.1 Å². The van der Waals surface area contributed by atoms with E-state index in [0.717, 1.165) is 0 Å². The number of hydrogen-bond donors (Lipinski definition) is 0. The fraction of sp³-hybridized carbons (Fsp3) is 0.500. The van der Waals surface area contributed by atoms with Crippen LogP contribution in [0.25, 0.3) is 6.08 Å². The van der Waals surface area contributed by atoms with Gasteiger partial charge in [0, 0.05) is 0 Å². The van der Waals surface area contributed by atoms with Crippen LogP contribution in [0.2, 0.25) is 0 Å². The maximum atomic E-state index is 2.30. The van der Waals surface area contributed by atoms with Crippen molar-refractivity contribution in [1.82, 2.24) is 0 Å². The molecule has 1 aliphatic carbocycles. The van der Waals surface area contributed by atoms with Crippen LogP contribution in [0.5, 0.6) is 0 Å². The zero-order valence-corrected chi connectivity index (χ0v) is 11.6. The molecule has 1 aliphatic rings. The van der Waals surface area contributed by atoms with Gasteiger partial charge in [0.1, 0.15) is 0 Å². The maximum absolute atomic E-state index is 2.30. The van der Waals surface area contributed by atoms with Crippen LogP contribution in [0.4, 0.5) is 0 Å². The Morgan fingerprint density at radius 1 is 0.875 bits per heavy atom. The topological polar surface area (TPSA) is 0 Å². The van der Waals surface area contributed by atoms with E-state index in [4.69, 9.17) is 0 Å². The van der Waals surface area contributed by atoms with Gasteiger partial charge in [0.2, 0.25) is 0 Å². The van der Waals surface area contributed by atoms with Gasteiger partial charge in [-0.2, -0.15) is 0 Å². The molecule has 0 heterocycles. The van der Waals surface area contributed by atoms with Crippen LogP contribution in [-0.2, 0) is 0 Å². The molecule has 90 valence electrons. The molecule has 16 heavy (non-hydrogen) atoms. The molecule has 0 saturated heterocycles. The van der Waals surface area contributed by atoms with Crippen LogP contribution in [0.15, 0.2) is 30.3 Å². The second kappa shape index (κ2) is 8.15. The van der Waals surface area contributed by atoms with E-state index in [1.54, 1.807) is 0 Å². The summed E-state index contributed by atoms with van der Waals surface area (Å²) in [6.45, 7) is 12.6. The first kappa shape index (κ1) is 15.0. The second-order valence-electron chi connectivity index (χ2n) is 3.64. The van der Waals surface area contributed by atoms with Gasteiger partial charge >= 0.3 is 0 Å². The molecule has 1 aromatic carbocycles. The minimum Gasteiger partial charge on any atom is -0.0805 e. The van der Waals surface area contributed by atoms with E-state index in [2.05, 4.69) is 50.3 Å². The summed E-state index contributed by atoms with van der Waals surface area (Å²) in [6.07, 6.45) is 4.53. The fourth-order valence-corrected chi connectivity index (χ4v) is 1.78. The molecular weight excluding hydrogens is 192 g/mol. The smallest absolute Gasteiger partial charge is 0.0124 e. The van der Waals surface area contributed by atoms with Crippen LogP contribution in [0.3, 0.4) is 0 Å². The summed E-state index contributed by atoms with van der Waals surface area (Å²) >= 11 is 0. The molecule has 0 aliphatic heterocycles. The normalized spacial score (nSPS) is 20.9. The summed E-state index contributed by atoms with van der Waals surface area (Å²) < 4.78 is 0. The van der Waals surface area contributed by atoms with Gasteiger partial charge in [0.25, 0.3) is 0 Å². The molecule has 2 rings (SSSR count). The predicted octanol–water partition coefficient (Wildman–Crippen LogP) is 5.51. The van der Waals surface area contributed by atoms with Gasteiger partial charge in [-0.1, -0.05) is 78.0 Å². The molecule has 0 amide bonds. The molecule has 2 unspecified atom stereocenters. The number of benzene rings is 1. The van der Waals surface area contributed by atoms with Crippen molar-refractivity contribution >= 4 is 6.08 Å². The Bertz CT molecular complexity index is 310. The average molecular weight is 218 g/mol. The van der Waals surface area contributed by atoms with E-state index in [1.807, 2.05) is 27.7 Å². The molecule has 0 heteroatoms. The van der Waals surface area contributed by atoms with Gasteiger partial charge < -0.3 is 0 Å². The molecular formula is C16H26. The van der Waals surface area contributed by atoms with Crippen LogP contribution in [-0.4, -0.2) is 0 Å². The van der Waals surface area contributed by atoms with Crippen molar-refractivity contribution < 1.29 is 0 Å². The fourth-order valence-electron chi connectivity index (χ4n) is 1.78. The van der Waals surface area contributed by atoms with Crippen molar-refractivity contribution in [2.75, 3.05) is 0 Å². The van der Waals surface area contributed by atoms with Crippen LogP contribution >= 0.6 is 0 Å². The molecule has 0 spiro atoms. The van der Waals surface area contributed by atoms with Crippen LogP contribution in [0.1, 0.15) is 58.6 Å². The van der Waals surface area contributed by atoms with Crippen LogP contribution in [0, 0.1) is 5.92 Å². The first-order valence-corrected chi connectivity index (χ1v) is 6.56. The van der Waals surface area contributed by atoms with Crippen molar-refractivity contribution in [2.45, 2.75) is 47.5 Å². The number of rotatable bonds is 0. The maximum Gasteiger partial charge on any atom is -0.0124 e. The summed E-state index contributed by atoms with van der Waals surface area (Å²) in [4.78, 5) is 0. The Labute approximate surface area is 101 Å². The third-order valence-electron chi connectivity index (χ3n) is 2.85. The summed E-state index contributed by atoms with van der Waals surface area (Å²) in [7, 11) is 0. The average Bonchev–Trinajstić information content (AvgIpc) is 2.39. The lowest BCUT2D eigenvalue weighted by molar-refractivity contribution is 0.586. The summed E-state index contributed by atoms with van der Waals surface area (Å²) in [5, 5.41) is 0. The summed E-state index contributed by atoms with van der Waals surface area (Å²) in [6, 6.07) is 8.65. The molecule has 0 nitrogen and oxygen atoms in total. The molecule has 0 bridgehead atoms. The summed E-state index contributed by atoms with van der Waals surface area (Å²) in [5.41, 5.74) is 2.88. The molecule has 0 aromatic heterocycles. The minimum absolute atomic E-state index is 0.672. The van der Waals surface area contributed by atoms with Crippen molar-refractivity contribution in [3.63, 3.8) is 0 Å². The van der Waals surface area contributed by atoms with Gasteiger partial charge in [-0.25, -0.2) is 0 Å². The Balaban J connectivity index is 0.000000509. The van der Waals surface area contributed by atoms with Crippen molar-refractivity contribution in [2.24, 2.45) is 5.92 Å². The van der Waals surface area contributed by atoms with Crippen molar-refractivity contribution in [3.8, 4) is 0 Å². The lowest BCUT2D eigenvalue weighted by Gasteiger charge is -2.23. The van der Waals surface area contributed by atoms with Gasteiger partial charge in [0.15, 0.2) is 0 Å². The Morgan fingerprint density at radius 3 is 2.06 bits per heavy atom. The highest BCUT2D eigenvalue weighted by Gasteiger charge is 2.17. The Hall–Kier alpha value is -1.04. The quantitative estimate of drug-likeness (QED) is 0.539. The van der Waals surface area contributed by atoms with E-state index in [0.29, 0.717) is 11.8 Å². The molecule has 0 radical (unpaired) electrons. The summed E-state index contributed by atoms with van der Waals surface area (Å²) in [5.74, 6) is 1.35. The van der Waals surface area contributed by atoms with E-state index in [9.17, 15) is 0 Å². The Kier molecular flexibility index (Phi) is 7.62. The van der Waals surface area contributed by atoms with Crippen molar-refractivity contribution in [1.29, 1.82) is 0 Å². The minimum atomic E-state index is 0.672. The molecule has 0 fully saturated rings. The lowest BCUT2D eigenvalue weighted by atomic mass is 9.82. The first-order valence-electron chi connectivity index (χ1n) is 6.56. The standard InChI is InChI=1S/C12H14.2C2H6/c1-9-7-8-11-5-3-4-6-12(11)10(9)2;2*1-2/h3-10H,1-2H3;2*1-2H3. The molecule has 0 N–H and O–H groups in total. The second-order valence-corrected chi connectivity index (χ2v) is 3.64. The number of fused-ring (bicyclic) bond motifs is 1. The highest BCUT2D eigenvalue weighted by Crippen LogP contribution is 2.32.